The Kier molecular flexibility index (Phi) is 2.74. The van der Waals surface area contributed by atoms with Gasteiger partial charge >= 0.3 is 11.8 Å². The highest BCUT2D eigenvalue weighted by Crippen LogP contribution is 2.13. The fourth-order valence-corrected chi connectivity index (χ4v) is 1.18. The third-order valence-electron chi connectivity index (χ3n) is 1.69. The summed E-state index contributed by atoms with van der Waals surface area (Å²) in [7, 11) is 0. The summed E-state index contributed by atoms with van der Waals surface area (Å²) in [6.07, 6.45) is 0.0300. The zero-order valence-electron chi connectivity index (χ0n) is 8.46. The molecule has 0 aromatic rings. The monoisotopic (exact) mass is 212 g/mol. The molecule has 1 aliphatic rings. The van der Waals surface area contributed by atoms with Gasteiger partial charge in [0, 0.05) is 0 Å². The molecule has 0 aliphatic carbocycles. The Morgan fingerprint density at radius 2 is 1.80 bits per heavy atom. The number of primary amides is 1. The second kappa shape index (κ2) is 3.68. The molecule has 3 amide bonds. The van der Waals surface area contributed by atoms with Crippen molar-refractivity contribution in [3.8, 4) is 0 Å². The van der Waals surface area contributed by atoms with E-state index in [9.17, 15) is 14.4 Å². The van der Waals surface area contributed by atoms with Crippen molar-refractivity contribution >= 4 is 23.7 Å². The summed E-state index contributed by atoms with van der Waals surface area (Å²) in [6, 6.07) is 0. The van der Waals surface area contributed by atoms with E-state index in [2.05, 4.69) is 15.6 Å². The van der Waals surface area contributed by atoms with Crippen LogP contribution in [0.5, 0.6) is 0 Å². The van der Waals surface area contributed by atoms with E-state index in [0.717, 1.165) is 0 Å². The maximum atomic E-state index is 10.8. The molecule has 0 aromatic carbocycles. The van der Waals surface area contributed by atoms with Crippen molar-refractivity contribution in [2.75, 3.05) is 0 Å². The van der Waals surface area contributed by atoms with Crippen molar-refractivity contribution in [3.63, 3.8) is 0 Å². The maximum Gasteiger partial charge on any atom is 0.316 e. The van der Waals surface area contributed by atoms with Crippen molar-refractivity contribution in [1.82, 2.24) is 10.6 Å². The van der Waals surface area contributed by atoms with Gasteiger partial charge in [-0.1, -0.05) is 0 Å². The smallest absolute Gasteiger partial charge is 0.316 e. The Bertz CT molecular complexity index is 341. The average Bonchev–Trinajstić information content (AvgIpc) is 2.25. The summed E-state index contributed by atoms with van der Waals surface area (Å²) >= 11 is 0. The Balaban J connectivity index is 2.75. The number of hydrogen-bond acceptors (Lipinski definition) is 4. The Morgan fingerprint density at radius 3 is 2.20 bits per heavy atom. The first kappa shape index (κ1) is 11.2. The third-order valence-corrected chi connectivity index (χ3v) is 1.69. The second-order valence-electron chi connectivity index (χ2n) is 3.82. The number of carbonyl (C=O) groups excluding carboxylic acids is 3. The number of amides is 3. The molecule has 82 valence electrons. The summed E-state index contributed by atoms with van der Waals surface area (Å²) in [5, 5.41) is 4.46. The molecule has 1 saturated heterocycles. The molecule has 1 fully saturated rings. The van der Waals surface area contributed by atoms with Crippen molar-refractivity contribution in [1.29, 1.82) is 0 Å². The van der Waals surface area contributed by atoms with Crippen molar-refractivity contribution in [2.45, 2.75) is 25.8 Å². The van der Waals surface area contributed by atoms with Gasteiger partial charge in [-0.05, 0) is 13.8 Å². The van der Waals surface area contributed by atoms with Gasteiger partial charge in [-0.25, -0.2) is 4.99 Å². The molecular weight excluding hydrogens is 200 g/mol. The number of guanidine groups is 1. The van der Waals surface area contributed by atoms with E-state index in [1.807, 2.05) is 0 Å². The molecule has 0 atom stereocenters. The number of rotatable bonds is 3. The molecule has 0 radical (unpaired) electrons. The molecule has 0 aromatic heterocycles. The first-order valence-electron chi connectivity index (χ1n) is 4.31. The van der Waals surface area contributed by atoms with E-state index < -0.39 is 23.3 Å². The van der Waals surface area contributed by atoms with Gasteiger partial charge in [0.05, 0.1) is 12.0 Å². The van der Waals surface area contributed by atoms with Crippen LogP contribution in [0.25, 0.3) is 0 Å². The van der Waals surface area contributed by atoms with Crippen LogP contribution in [0.1, 0.15) is 20.3 Å². The Labute approximate surface area is 86.1 Å². The quantitative estimate of drug-likeness (QED) is 0.481. The van der Waals surface area contributed by atoms with Gasteiger partial charge in [0.25, 0.3) is 0 Å². The topological polar surface area (TPSA) is 114 Å². The predicted molar refractivity (Wildman–Crippen MR) is 51.6 cm³/mol. The molecule has 15 heavy (non-hydrogen) atoms. The van der Waals surface area contributed by atoms with Crippen LogP contribution in [0.2, 0.25) is 0 Å². The summed E-state index contributed by atoms with van der Waals surface area (Å²) < 4.78 is 0. The van der Waals surface area contributed by atoms with Gasteiger partial charge in [0.1, 0.15) is 0 Å². The maximum absolute atomic E-state index is 10.8. The Hall–Kier alpha value is -1.92. The van der Waals surface area contributed by atoms with Crippen molar-refractivity contribution < 1.29 is 14.4 Å². The minimum Gasteiger partial charge on any atom is -0.370 e. The predicted octanol–water partition coefficient (Wildman–Crippen LogP) is -1.76. The molecule has 7 heteroatoms. The largest absolute Gasteiger partial charge is 0.370 e. The van der Waals surface area contributed by atoms with Crippen LogP contribution in [-0.4, -0.2) is 29.2 Å². The number of nitrogens with one attached hydrogen (secondary N) is 2. The fourth-order valence-electron chi connectivity index (χ4n) is 1.18. The number of carbonyl (C=O) groups is 3. The summed E-state index contributed by atoms with van der Waals surface area (Å²) in [5.74, 6) is -1.97. The molecule has 0 bridgehead atoms. The second-order valence-corrected chi connectivity index (χ2v) is 3.82. The van der Waals surface area contributed by atoms with Gasteiger partial charge in [-0.2, -0.15) is 0 Å². The van der Waals surface area contributed by atoms with Crippen LogP contribution in [0.15, 0.2) is 4.99 Å². The van der Waals surface area contributed by atoms with E-state index in [1.54, 1.807) is 13.8 Å². The van der Waals surface area contributed by atoms with Crippen molar-refractivity contribution in [2.24, 2.45) is 10.7 Å². The van der Waals surface area contributed by atoms with Crippen LogP contribution in [-0.2, 0) is 14.4 Å². The molecule has 7 nitrogen and oxygen atoms in total. The van der Waals surface area contributed by atoms with E-state index in [1.165, 1.54) is 0 Å². The molecule has 0 saturated carbocycles. The zero-order chi connectivity index (χ0) is 11.6. The first-order chi connectivity index (χ1) is 6.80. The zero-order valence-corrected chi connectivity index (χ0v) is 8.46. The van der Waals surface area contributed by atoms with E-state index >= 15 is 0 Å². The highest BCUT2D eigenvalue weighted by molar-refractivity contribution is 6.45. The highest BCUT2D eigenvalue weighted by Gasteiger charge is 2.28. The van der Waals surface area contributed by atoms with Gasteiger partial charge in [0.2, 0.25) is 11.9 Å². The number of hydrogen-bond donors (Lipinski definition) is 3. The SMILES string of the molecule is CC(C)(CC(N)=O)N=C1NC(=O)C(=O)N1. The summed E-state index contributed by atoms with van der Waals surface area (Å²) in [6.45, 7) is 3.34. The minimum atomic E-state index is -0.761. The van der Waals surface area contributed by atoms with Gasteiger partial charge < -0.3 is 5.73 Å². The van der Waals surface area contributed by atoms with Crippen LogP contribution in [0.4, 0.5) is 0 Å². The standard InChI is InChI=1S/C8H12N4O3/c1-8(2,3-4(9)13)12-7-10-5(14)6(15)11-7/h3H2,1-2H3,(H2,9,13)(H2,10,11,12,14,15). The van der Waals surface area contributed by atoms with E-state index in [-0.39, 0.29) is 12.4 Å². The molecule has 1 heterocycles. The van der Waals surface area contributed by atoms with Gasteiger partial charge in [0.15, 0.2) is 0 Å². The molecular formula is C8H12N4O3. The lowest BCUT2D eigenvalue weighted by atomic mass is 10.0. The molecule has 0 spiro atoms. The Morgan fingerprint density at radius 1 is 1.33 bits per heavy atom. The van der Waals surface area contributed by atoms with Crippen LogP contribution in [0, 0.1) is 0 Å². The van der Waals surface area contributed by atoms with Gasteiger partial charge in [-0.15, -0.1) is 0 Å². The van der Waals surface area contributed by atoms with E-state index in [4.69, 9.17) is 5.73 Å². The lowest BCUT2D eigenvalue weighted by Crippen LogP contribution is -2.33. The van der Waals surface area contributed by atoms with E-state index in [0.29, 0.717) is 0 Å². The minimum absolute atomic E-state index is 0.0300. The molecule has 4 N–H and O–H groups in total. The summed E-state index contributed by atoms with van der Waals surface area (Å²) in [5.41, 5.74) is 4.27. The average molecular weight is 212 g/mol. The van der Waals surface area contributed by atoms with Gasteiger partial charge in [-0.3, -0.25) is 25.0 Å². The molecule has 1 aliphatic heterocycles. The fraction of sp³-hybridized carbons (Fsp3) is 0.500. The van der Waals surface area contributed by atoms with Crippen LogP contribution >= 0.6 is 0 Å². The number of nitrogens with two attached hydrogens (primary N) is 1. The first-order valence-corrected chi connectivity index (χ1v) is 4.31. The van der Waals surface area contributed by atoms with Crippen LogP contribution < -0.4 is 16.4 Å². The third kappa shape index (κ3) is 3.04. The lowest BCUT2D eigenvalue weighted by molar-refractivity contribution is -0.135. The normalized spacial score (nSPS) is 16.0. The van der Waals surface area contributed by atoms with Crippen LogP contribution in [0.3, 0.4) is 0 Å². The molecule has 0 unspecified atom stereocenters. The number of nitrogens with zero attached hydrogens (tertiary/aromatic N) is 1. The number of aliphatic imine (C=N–C) groups is 1. The molecule has 1 rings (SSSR count). The lowest BCUT2D eigenvalue weighted by Gasteiger charge is -2.17. The summed E-state index contributed by atoms with van der Waals surface area (Å²) in [4.78, 5) is 36.3. The van der Waals surface area contributed by atoms with Crippen molar-refractivity contribution in [3.05, 3.63) is 0 Å². The highest BCUT2D eigenvalue weighted by atomic mass is 16.2.